The molecule has 0 fully saturated rings. The summed E-state index contributed by atoms with van der Waals surface area (Å²) in [4.78, 5) is 19.5. The summed E-state index contributed by atoms with van der Waals surface area (Å²) < 4.78 is 0. The zero-order valence-electron chi connectivity index (χ0n) is 13.9. The van der Waals surface area contributed by atoms with E-state index < -0.39 is 24.1 Å². The summed E-state index contributed by atoms with van der Waals surface area (Å²) in [5.41, 5.74) is 4.27. The minimum Gasteiger partial charge on any atom is -0.479 e. The Morgan fingerprint density at radius 1 is 0.885 bits per heavy atom. The molecule has 26 heavy (non-hydrogen) atoms. The quantitative estimate of drug-likeness (QED) is 0.546. The number of aliphatic carboxylic acids is 2. The van der Waals surface area contributed by atoms with Crippen molar-refractivity contribution in [1.29, 1.82) is 0 Å². The van der Waals surface area contributed by atoms with Crippen LogP contribution in [0, 0.1) is 0 Å². The third-order valence-corrected chi connectivity index (χ3v) is 4.05. The maximum absolute atomic E-state index is 9.77. The lowest BCUT2D eigenvalue weighted by Crippen LogP contribution is -2.39. The Balaban J connectivity index is 0.000000213. The van der Waals surface area contributed by atoms with E-state index in [1.807, 2.05) is 0 Å². The maximum Gasteiger partial charge on any atom is 0.335 e. The lowest BCUT2D eigenvalue weighted by Gasteiger charge is -2.27. The van der Waals surface area contributed by atoms with E-state index in [1.54, 1.807) is 0 Å². The van der Waals surface area contributed by atoms with Crippen molar-refractivity contribution in [2.24, 2.45) is 0 Å². The van der Waals surface area contributed by atoms with Crippen LogP contribution >= 0.6 is 0 Å². The molecule has 0 bridgehead atoms. The standard InChI is InChI=1S/C15H15N.C4H6O6/c1-2-7-13(8-3-1)15-14-9-5-4-6-12(14)10-11-16-15;5-1(3(7)8)2(6)4(9)10/h1-9,15-16H,10-11H2;1-2,5-6H,(H,7,8)(H,9,10)/t15-;1-,2-/m10/s1. The fraction of sp³-hybridized carbons (Fsp3) is 0.263. The van der Waals surface area contributed by atoms with Crippen LogP contribution in [0.15, 0.2) is 54.6 Å². The Hall–Kier alpha value is -2.74. The molecule has 0 aromatic heterocycles. The molecule has 0 saturated heterocycles. The minimum absolute atomic E-state index is 0.367. The fourth-order valence-electron chi connectivity index (χ4n) is 2.72. The summed E-state index contributed by atoms with van der Waals surface area (Å²) in [7, 11) is 0. The summed E-state index contributed by atoms with van der Waals surface area (Å²) in [6, 6.07) is 19.8. The molecular formula is C19H21NO6. The highest BCUT2D eigenvalue weighted by molar-refractivity contribution is 5.83. The monoisotopic (exact) mass is 359 g/mol. The molecule has 7 nitrogen and oxygen atoms in total. The summed E-state index contributed by atoms with van der Waals surface area (Å²) in [5, 5.41) is 36.1. The predicted molar refractivity (Wildman–Crippen MR) is 93.7 cm³/mol. The lowest BCUT2D eigenvalue weighted by molar-refractivity contribution is -0.165. The Morgan fingerprint density at radius 3 is 2.00 bits per heavy atom. The van der Waals surface area contributed by atoms with Gasteiger partial charge < -0.3 is 25.7 Å². The first-order valence-electron chi connectivity index (χ1n) is 8.09. The first-order valence-corrected chi connectivity index (χ1v) is 8.09. The molecule has 0 unspecified atom stereocenters. The van der Waals surface area contributed by atoms with E-state index in [4.69, 9.17) is 20.4 Å². The van der Waals surface area contributed by atoms with Crippen molar-refractivity contribution >= 4 is 11.9 Å². The molecule has 0 aliphatic carbocycles. The minimum atomic E-state index is -2.27. The lowest BCUT2D eigenvalue weighted by atomic mass is 9.90. The number of rotatable bonds is 4. The zero-order valence-corrected chi connectivity index (χ0v) is 13.9. The van der Waals surface area contributed by atoms with E-state index >= 15 is 0 Å². The van der Waals surface area contributed by atoms with Crippen LogP contribution in [-0.4, -0.2) is 51.1 Å². The SMILES string of the molecule is O=C(O)[C@@H](O)[C@H](O)C(=O)O.c1ccc([C@H]2NCCc3ccccc32)cc1. The Kier molecular flexibility index (Phi) is 6.85. The molecule has 0 spiro atoms. The van der Waals surface area contributed by atoms with Crippen LogP contribution in [0.1, 0.15) is 22.7 Å². The summed E-state index contributed by atoms with van der Waals surface area (Å²) in [6.07, 6.45) is -3.39. The molecule has 1 heterocycles. The molecule has 2 aromatic carbocycles. The molecule has 7 heteroatoms. The normalized spacial score (nSPS) is 17.8. The van der Waals surface area contributed by atoms with Crippen LogP contribution < -0.4 is 5.32 Å². The predicted octanol–water partition coefficient (Wildman–Crippen LogP) is 0.799. The smallest absolute Gasteiger partial charge is 0.335 e. The fourth-order valence-corrected chi connectivity index (χ4v) is 2.72. The second-order valence-corrected chi connectivity index (χ2v) is 5.81. The first-order chi connectivity index (χ1) is 12.4. The summed E-state index contributed by atoms with van der Waals surface area (Å²) in [5.74, 6) is -3.54. The Labute approximate surface area is 150 Å². The van der Waals surface area contributed by atoms with Crippen molar-refractivity contribution in [1.82, 2.24) is 5.32 Å². The number of carboxylic acid groups (broad SMARTS) is 2. The van der Waals surface area contributed by atoms with Crippen LogP contribution in [0.5, 0.6) is 0 Å². The van der Waals surface area contributed by atoms with Crippen molar-refractivity contribution in [3.05, 3.63) is 71.3 Å². The van der Waals surface area contributed by atoms with Crippen LogP contribution in [0.3, 0.4) is 0 Å². The number of carboxylic acids is 2. The number of carbonyl (C=O) groups is 2. The van der Waals surface area contributed by atoms with Gasteiger partial charge in [-0.2, -0.15) is 0 Å². The van der Waals surface area contributed by atoms with E-state index in [-0.39, 0.29) is 0 Å². The highest BCUT2D eigenvalue weighted by Crippen LogP contribution is 2.28. The van der Waals surface area contributed by atoms with Crippen molar-refractivity contribution in [2.45, 2.75) is 24.7 Å². The number of hydrogen-bond donors (Lipinski definition) is 5. The van der Waals surface area contributed by atoms with Crippen molar-refractivity contribution in [2.75, 3.05) is 6.54 Å². The molecule has 1 aliphatic rings. The highest BCUT2D eigenvalue weighted by Gasteiger charge is 2.29. The van der Waals surface area contributed by atoms with Gasteiger partial charge in [-0.05, 0) is 23.1 Å². The van der Waals surface area contributed by atoms with Gasteiger partial charge in [-0.15, -0.1) is 0 Å². The number of benzene rings is 2. The van der Waals surface area contributed by atoms with Crippen LogP contribution in [-0.2, 0) is 16.0 Å². The second-order valence-electron chi connectivity index (χ2n) is 5.81. The van der Waals surface area contributed by atoms with Gasteiger partial charge in [-0.3, -0.25) is 0 Å². The van der Waals surface area contributed by atoms with Gasteiger partial charge >= 0.3 is 11.9 Å². The van der Waals surface area contributed by atoms with Crippen molar-refractivity contribution in [3.8, 4) is 0 Å². The maximum atomic E-state index is 9.77. The van der Waals surface area contributed by atoms with Gasteiger partial charge in [0.1, 0.15) is 0 Å². The van der Waals surface area contributed by atoms with Gasteiger partial charge in [0.25, 0.3) is 0 Å². The van der Waals surface area contributed by atoms with Gasteiger partial charge in [-0.25, -0.2) is 9.59 Å². The number of fused-ring (bicyclic) bond motifs is 1. The van der Waals surface area contributed by atoms with E-state index in [2.05, 4.69) is 59.9 Å². The van der Waals surface area contributed by atoms with Gasteiger partial charge in [0.15, 0.2) is 12.2 Å². The molecule has 0 amide bonds. The largest absolute Gasteiger partial charge is 0.479 e. The number of aliphatic hydroxyl groups is 2. The van der Waals surface area contributed by atoms with Crippen LogP contribution in [0.25, 0.3) is 0 Å². The van der Waals surface area contributed by atoms with Gasteiger partial charge in [0, 0.05) is 6.54 Å². The summed E-state index contributed by atoms with van der Waals surface area (Å²) in [6.45, 7) is 1.07. The Bertz CT molecular complexity index is 731. The first kappa shape index (κ1) is 19.6. The molecule has 5 N–H and O–H groups in total. The molecular weight excluding hydrogens is 338 g/mol. The molecule has 1 aliphatic heterocycles. The van der Waals surface area contributed by atoms with Crippen LogP contribution in [0.4, 0.5) is 0 Å². The second kappa shape index (κ2) is 9.10. The number of nitrogens with one attached hydrogen (secondary N) is 1. The third-order valence-electron chi connectivity index (χ3n) is 4.05. The number of aliphatic hydroxyl groups excluding tert-OH is 2. The van der Waals surface area contributed by atoms with Gasteiger partial charge in [0.2, 0.25) is 0 Å². The van der Waals surface area contributed by atoms with E-state index in [9.17, 15) is 9.59 Å². The van der Waals surface area contributed by atoms with Crippen molar-refractivity contribution in [3.63, 3.8) is 0 Å². The van der Waals surface area contributed by atoms with Crippen LogP contribution in [0.2, 0.25) is 0 Å². The zero-order chi connectivity index (χ0) is 19.1. The number of hydrogen-bond acceptors (Lipinski definition) is 5. The topological polar surface area (TPSA) is 127 Å². The molecule has 3 atom stereocenters. The van der Waals surface area contributed by atoms with Gasteiger partial charge in [-0.1, -0.05) is 54.6 Å². The average Bonchev–Trinajstić information content (AvgIpc) is 2.67. The molecule has 3 rings (SSSR count). The third kappa shape index (κ3) is 4.89. The van der Waals surface area contributed by atoms with E-state index in [1.165, 1.54) is 16.7 Å². The van der Waals surface area contributed by atoms with Gasteiger partial charge in [0.05, 0.1) is 6.04 Å². The molecule has 2 aromatic rings. The molecule has 0 saturated carbocycles. The van der Waals surface area contributed by atoms with E-state index in [0.29, 0.717) is 6.04 Å². The molecule has 138 valence electrons. The van der Waals surface area contributed by atoms with Crippen molar-refractivity contribution < 1.29 is 30.0 Å². The Morgan fingerprint density at radius 2 is 1.42 bits per heavy atom. The summed E-state index contributed by atoms with van der Waals surface area (Å²) >= 11 is 0. The van der Waals surface area contributed by atoms with E-state index in [0.717, 1.165) is 13.0 Å². The average molecular weight is 359 g/mol. The molecule has 0 radical (unpaired) electrons. The highest BCUT2D eigenvalue weighted by atomic mass is 16.4.